The smallest absolute Gasteiger partial charge is 0.325 e. The van der Waals surface area contributed by atoms with E-state index in [2.05, 4.69) is 24.2 Å². The van der Waals surface area contributed by atoms with E-state index in [4.69, 9.17) is 4.74 Å². The summed E-state index contributed by atoms with van der Waals surface area (Å²) in [5.41, 5.74) is 0.264. The average molecular weight is 230 g/mol. The summed E-state index contributed by atoms with van der Waals surface area (Å²) in [5.74, 6) is 0.799. The number of esters is 1. The fourth-order valence-corrected chi connectivity index (χ4v) is 2.06. The summed E-state index contributed by atoms with van der Waals surface area (Å²) >= 11 is 1.66. The van der Waals surface area contributed by atoms with E-state index in [-0.39, 0.29) is 17.9 Å². The Hall–Kier alpha value is -0.710. The Morgan fingerprint density at radius 1 is 1.67 bits per heavy atom. The van der Waals surface area contributed by atoms with E-state index in [0.717, 1.165) is 17.5 Å². The van der Waals surface area contributed by atoms with Crippen LogP contribution in [0.1, 0.15) is 20.8 Å². The van der Waals surface area contributed by atoms with Crippen LogP contribution in [0.15, 0.2) is 4.99 Å². The highest BCUT2D eigenvalue weighted by molar-refractivity contribution is 8.13. The van der Waals surface area contributed by atoms with Gasteiger partial charge in [0, 0.05) is 12.3 Å². The van der Waals surface area contributed by atoms with Gasteiger partial charge in [-0.1, -0.05) is 25.6 Å². The number of carbonyl (C=O) groups excluding carboxylic acids is 1. The van der Waals surface area contributed by atoms with E-state index in [1.165, 1.54) is 0 Å². The molecule has 86 valence electrons. The van der Waals surface area contributed by atoms with Crippen LogP contribution in [0.2, 0.25) is 0 Å². The van der Waals surface area contributed by atoms with Gasteiger partial charge in [-0.15, -0.1) is 0 Å². The van der Waals surface area contributed by atoms with Crippen LogP contribution in [-0.2, 0) is 9.53 Å². The minimum atomic E-state index is -0.231. The van der Waals surface area contributed by atoms with Crippen molar-refractivity contribution in [3.63, 3.8) is 0 Å². The molecule has 0 unspecified atom stereocenters. The standard InChI is InChI=1S/C10H18N2O2S/c1-4-14-8(13)5-11-9-12-6-10(2,3)7-15-9/h4-7H2,1-3H3,(H,11,12). The first-order valence-corrected chi connectivity index (χ1v) is 6.09. The summed E-state index contributed by atoms with van der Waals surface area (Å²) in [6.45, 7) is 7.61. The Balaban J connectivity index is 2.29. The van der Waals surface area contributed by atoms with Crippen LogP contribution >= 0.6 is 11.8 Å². The van der Waals surface area contributed by atoms with Crippen LogP contribution < -0.4 is 5.32 Å². The minimum Gasteiger partial charge on any atom is -0.465 e. The van der Waals surface area contributed by atoms with Crippen molar-refractivity contribution in [3.8, 4) is 0 Å². The number of rotatable bonds is 3. The van der Waals surface area contributed by atoms with E-state index in [1.807, 2.05) is 0 Å². The Kier molecular flexibility index (Phi) is 4.45. The first-order valence-electron chi connectivity index (χ1n) is 5.10. The second kappa shape index (κ2) is 5.39. The van der Waals surface area contributed by atoms with Gasteiger partial charge < -0.3 is 10.1 Å². The number of ether oxygens (including phenoxy) is 1. The zero-order chi connectivity index (χ0) is 11.3. The van der Waals surface area contributed by atoms with Gasteiger partial charge in [-0.2, -0.15) is 0 Å². The molecule has 1 aliphatic heterocycles. The quantitative estimate of drug-likeness (QED) is 0.742. The first-order chi connectivity index (χ1) is 7.03. The Morgan fingerprint density at radius 3 is 2.93 bits per heavy atom. The molecule has 0 radical (unpaired) electrons. The van der Waals surface area contributed by atoms with Crippen molar-refractivity contribution >= 4 is 22.9 Å². The van der Waals surface area contributed by atoms with Gasteiger partial charge in [-0.25, -0.2) is 0 Å². The molecule has 0 aromatic heterocycles. The molecule has 0 saturated heterocycles. The largest absolute Gasteiger partial charge is 0.465 e. The van der Waals surface area contributed by atoms with Gasteiger partial charge in [0.25, 0.3) is 0 Å². The third kappa shape index (κ3) is 4.55. The molecule has 0 atom stereocenters. The van der Waals surface area contributed by atoms with Gasteiger partial charge in [0.05, 0.1) is 6.61 Å². The molecule has 0 fully saturated rings. The van der Waals surface area contributed by atoms with Crippen molar-refractivity contribution in [2.75, 3.05) is 25.4 Å². The zero-order valence-electron chi connectivity index (χ0n) is 9.50. The van der Waals surface area contributed by atoms with Crippen LogP contribution in [-0.4, -0.2) is 36.6 Å². The van der Waals surface area contributed by atoms with Crippen LogP contribution in [0, 0.1) is 5.41 Å². The van der Waals surface area contributed by atoms with Crippen LogP contribution in [0.25, 0.3) is 0 Å². The highest BCUT2D eigenvalue weighted by Gasteiger charge is 2.23. The van der Waals surface area contributed by atoms with E-state index >= 15 is 0 Å². The number of hydrogen-bond donors (Lipinski definition) is 1. The van der Waals surface area contributed by atoms with Crippen molar-refractivity contribution in [2.24, 2.45) is 10.4 Å². The number of carbonyl (C=O) groups is 1. The number of amidine groups is 1. The van der Waals surface area contributed by atoms with Crippen molar-refractivity contribution in [1.29, 1.82) is 0 Å². The number of nitrogens with zero attached hydrogens (tertiary/aromatic N) is 1. The fourth-order valence-electron chi connectivity index (χ4n) is 1.11. The molecule has 0 amide bonds. The molecular formula is C10H18N2O2S. The molecule has 1 heterocycles. The molecule has 0 bridgehead atoms. The lowest BCUT2D eigenvalue weighted by Gasteiger charge is -2.27. The fraction of sp³-hybridized carbons (Fsp3) is 0.800. The molecule has 0 aromatic rings. The lowest BCUT2D eigenvalue weighted by molar-refractivity contribution is -0.141. The van der Waals surface area contributed by atoms with Gasteiger partial charge in [0.1, 0.15) is 6.54 Å². The van der Waals surface area contributed by atoms with Crippen LogP contribution in [0.4, 0.5) is 0 Å². The van der Waals surface area contributed by atoms with E-state index in [0.29, 0.717) is 6.61 Å². The Morgan fingerprint density at radius 2 is 2.40 bits per heavy atom. The number of nitrogens with one attached hydrogen (secondary N) is 1. The monoisotopic (exact) mass is 230 g/mol. The van der Waals surface area contributed by atoms with Crippen molar-refractivity contribution in [2.45, 2.75) is 20.8 Å². The van der Waals surface area contributed by atoms with Gasteiger partial charge in [-0.3, -0.25) is 9.79 Å². The maximum Gasteiger partial charge on any atom is 0.325 e. The van der Waals surface area contributed by atoms with E-state index in [9.17, 15) is 4.79 Å². The van der Waals surface area contributed by atoms with Crippen LogP contribution in [0.5, 0.6) is 0 Å². The number of aliphatic imine (C=N–C) groups is 1. The highest BCUT2D eigenvalue weighted by atomic mass is 32.2. The maximum atomic E-state index is 11.1. The maximum absolute atomic E-state index is 11.1. The minimum absolute atomic E-state index is 0.208. The second-order valence-electron chi connectivity index (χ2n) is 4.23. The lowest BCUT2D eigenvalue weighted by atomic mass is 9.97. The van der Waals surface area contributed by atoms with Crippen molar-refractivity contribution < 1.29 is 9.53 Å². The van der Waals surface area contributed by atoms with E-state index < -0.39 is 0 Å². The van der Waals surface area contributed by atoms with Gasteiger partial charge >= 0.3 is 5.97 Å². The lowest BCUT2D eigenvalue weighted by Crippen LogP contribution is -2.34. The second-order valence-corrected chi connectivity index (χ2v) is 5.20. The predicted molar refractivity (Wildman–Crippen MR) is 63.2 cm³/mol. The molecule has 0 aliphatic carbocycles. The zero-order valence-corrected chi connectivity index (χ0v) is 10.3. The molecule has 1 aliphatic rings. The Bertz CT molecular complexity index is 264. The summed E-state index contributed by atoms with van der Waals surface area (Å²) in [6.07, 6.45) is 0. The third-order valence-electron chi connectivity index (χ3n) is 1.94. The number of hydrogen-bond acceptors (Lipinski definition) is 5. The third-order valence-corrected chi connectivity index (χ3v) is 3.41. The molecule has 0 aromatic carbocycles. The molecule has 15 heavy (non-hydrogen) atoms. The molecule has 0 saturated carbocycles. The van der Waals surface area contributed by atoms with Gasteiger partial charge in [0.2, 0.25) is 0 Å². The molecule has 4 nitrogen and oxygen atoms in total. The summed E-state index contributed by atoms with van der Waals surface area (Å²) in [5, 5.41) is 3.83. The van der Waals surface area contributed by atoms with E-state index in [1.54, 1.807) is 18.7 Å². The molecule has 1 rings (SSSR count). The van der Waals surface area contributed by atoms with Crippen molar-refractivity contribution in [3.05, 3.63) is 0 Å². The first kappa shape index (κ1) is 12.4. The number of thioether (sulfide) groups is 1. The van der Waals surface area contributed by atoms with Gasteiger partial charge in [0.15, 0.2) is 5.17 Å². The molecule has 0 spiro atoms. The molecule has 5 heteroatoms. The summed E-state index contributed by atoms with van der Waals surface area (Å²) in [4.78, 5) is 15.4. The molecule has 1 N–H and O–H groups in total. The SMILES string of the molecule is CCOC(=O)CNC1=NCC(C)(C)CS1. The average Bonchev–Trinajstić information content (AvgIpc) is 2.17. The summed E-state index contributed by atoms with van der Waals surface area (Å²) in [6, 6.07) is 0. The van der Waals surface area contributed by atoms with Crippen LogP contribution in [0.3, 0.4) is 0 Å². The summed E-state index contributed by atoms with van der Waals surface area (Å²) < 4.78 is 4.81. The Labute approximate surface area is 94.9 Å². The van der Waals surface area contributed by atoms with Crippen molar-refractivity contribution in [1.82, 2.24) is 5.32 Å². The normalized spacial score (nSPS) is 19.3. The highest BCUT2D eigenvalue weighted by Crippen LogP contribution is 2.26. The predicted octanol–water partition coefficient (Wildman–Crippen LogP) is 1.27. The van der Waals surface area contributed by atoms with Gasteiger partial charge in [-0.05, 0) is 12.3 Å². The topological polar surface area (TPSA) is 50.7 Å². The molecular weight excluding hydrogens is 212 g/mol. The summed E-state index contributed by atoms with van der Waals surface area (Å²) in [7, 11) is 0.